The van der Waals surface area contributed by atoms with E-state index in [0.717, 1.165) is 44.8 Å². The van der Waals surface area contributed by atoms with Gasteiger partial charge in [-0.25, -0.2) is 4.98 Å². The van der Waals surface area contributed by atoms with E-state index >= 15 is 0 Å². The average Bonchev–Trinajstić information content (AvgIpc) is 3.97. The fourth-order valence-electron chi connectivity index (χ4n) is 11.2. The minimum atomic E-state index is 0.920. The Kier molecular flexibility index (Phi) is 8.53. The number of rotatable bonds is 6. The fourth-order valence-corrected chi connectivity index (χ4v) is 11.2. The Morgan fingerprint density at radius 1 is 0.258 bits per heavy atom. The molecule has 312 valence electrons. The highest BCUT2D eigenvalue weighted by molar-refractivity contribution is 6.16. The minimum absolute atomic E-state index is 0.920. The van der Waals surface area contributed by atoms with Crippen LogP contribution in [-0.2, 0) is 21.1 Å². The number of hydrogen-bond donors (Lipinski definition) is 0. The van der Waals surface area contributed by atoms with Crippen LogP contribution in [0.15, 0.2) is 212 Å². The summed E-state index contributed by atoms with van der Waals surface area (Å²) in [7, 11) is 6.57. The van der Waals surface area contributed by atoms with E-state index < -0.39 is 0 Å². The van der Waals surface area contributed by atoms with Crippen LogP contribution in [0.1, 0.15) is 0 Å². The molecule has 0 atom stereocenters. The van der Waals surface area contributed by atoms with Crippen molar-refractivity contribution >= 4 is 65.4 Å². The number of nitrogens with zero attached hydrogens (tertiary/aromatic N) is 4. The van der Waals surface area contributed by atoms with Gasteiger partial charge in [-0.15, -0.1) is 0 Å². The standard InChI is InChI=1S/C62H44N4/c1-64-57-34-13-10-25-46(57)52-31-16-28-49(60(52)64)41-20-5-4-19-40(41)39-37-55(44-23-8-6-21-42(44)50-29-17-32-53-47-26-11-14-35-58(47)65(2)61(50)53)63-56(38-39)45-24-9-7-22-43(45)51-30-18-33-54-48-27-12-15-36-59(48)66(3)62(51)54/h4-38H,1-3H3. The van der Waals surface area contributed by atoms with Crippen LogP contribution in [-0.4, -0.2) is 18.7 Å². The molecule has 13 aromatic rings. The van der Waals surface area contributed by atoms with Gasteiger partial charge in [-0.05, 0) is 58.1 Å². The second-order valence-corrected chi connectivity index (χ2v) is 17.6. The van der Waals surface area contributed by atoms with Crippen LogP contribution in [0.3, 0.4) is 0 Å². The van der Waals surface area contributed by atoms with Gasteiger partial charge in [0, 0.05) is 97.8 Å². The lowest BCUT2D eigenvalue weighted by molar-refractivity contribution is 1.01. The van der Waals surface area contributed by atoms with E-state index in [1.165, 1.54) is 87.7 Å². The largest absolute Gasteiger partial charge is 0.343 e. The number of fused-ring (bicyclic) bond motifs is 9. The smallest absolute Gasteiger partial charge is 0.0721 e. The van der Waals surface area contributed by atoms with Crippen molar-refractivity contribution in [1.29, 1.82) is 0 Å². The summed E-state index contributed by atoms with van der Waals surface area (Å²) in [6.45, 7) is 0. The summed E-state index contributed by atoms with van der Waals surface area (Å²) in [5, 5.41) is 7.52. The highest BCUT2D eigenvalue weighted by atomic mass is 15.0. The molecule has 4 heterocycles. The third-order valence-corrected chi connectivity index (χ3v) is 14.1. The molecule has 0 N–H and O–H groups in total. The Morgan fingerprint density at radius 3 is 0.909 bits per heavy atom. The first kappa shape index (κ1) is 38.0. The zero-order chi connectivity index (χ0) is 44.0. The molecule has 0 amide bonds. The lowest BCUT2D eigenvalue weighted by Crippen LogP contribution is -1.97. The zero-order valence-electron chi connectivity index (χ0n) is 37.0. The molecule has 4 heteroatoms. The second kappa shape index (κ2) is 14.8. The fraction of sp³-hybridized carbons (Fsp3) is 0.0484. The summed E-state index contributed by atoms with van der Waals surface area (Å²) in [6.07, 6.45) is 0. The number of aryl methyl sites for hydroxylation is 3. The molecule has 9 aromatic carbocycles. The maximum Gasteiger partial charge on any atom is 0.0721 e. The summed E-state index contributed by atoms with van der Waals surface area (Å²) in [4.78, 5) is 5.74. The van der Waals surface area contributed by atoms with Crippen molar-refractivity contribution in [3.63, 3.8) is 0 Å². The summed E-state index contributed by atoms with van der Waals surface area (Å²) < 4.78 is 7.05. The van der Waals surface area contributed by atoms with Gasteiger partial charge >= 0.3 is 0 Å². The molecule has 13 rings (SSSR count). The molecule has 0 aliphatic rings. The maximum absolute atomic E-state index is 5.74. The van der Waals surface area contributed by atoms with E-state index in [0.29, 0.717) is 0 Å². The number of aromatic nitrogens is 4. The van der Waals surface area contributed by atoms with Gasteiger partial charge in [0.25, 0.3) is 0 Å². The monoisotopic (exact) mass is 844 g/mol. The quantitative estimate of drug-likeness (QED) is 0.164. The van der Waals surface area contributed by atoms with Crippen LogP contribution in [0, 0.1) is 0 Å². The van der Waals surface area contributed by atoms with Gasteiger partial charge in [-0.2, -0.15) is 0 Å². The van der Waals surface area contributed by atoms with Crippen LogP contribution in [0.5, 0.6) is 0 Å². The molecular weight excluding hydrogens is 801 g/mol. The van der Waals surface area contributed by atoms with Gasteiger partial charge < -0.3 is 13.7 Å². The van der Waals surface area contributed by atoms with E-state index in [2.05, 4.69) is 247 Å². The first-order valence-corrected chi connectivity index (χ1v) is 22.7. The van der Waals surface area contributed by atoms with E-state index in [4.69, 9.17) is 4.98 Å². The van der Waals surface area contributed by atoms with Crippen molar-refractivity contribution in [2.75, 3.05) is 0 Å². The Hall–Kier alpha value is -8.47. The number of benzene rings is 9. The molecule has 66 heavy (non-hydrogen) atoms. The molecule has 0 unspecified atom stereocenters. The van der Waals surface area contributed by atoms with Gasteiger partial charge in [-0.3, -0.25) is 0 Å². The maximum atomic E-state index is 5.74. The SMILES string of the molecule is Cn1c2ccccc2c2cccc(-c3ccccc3-c3cc(-c4ccccc4-c4cccc5c6ccccc6n(C)c45)nc(-c4ccccc4-c4cccc5c6ccccc6n(C)c45)c3)c21. The Labute approximate surface area is 382 Å². The molecule has 0 aliphatic carbocycles. The molecule has 4 aromatic heterocycles. The first-order chi connectivity index (χ1) is 32.5. The molecule has 4 nitrogen and oxygen atoms in total. The van der Waals surface area contributed by atoms with Gasteiger partial charge in [-0.1, -0.05) is 182 Å². The number of hydrogen-bond acceptors (Lipinski definition) is 1. The molecule has 0 bridgehead atoms. The Balaban J connectivity index is 1.09. The Bertz CT molecular complexity index is 3670. The average molecular weight is 845 g/mol. The lowest BCUT2D eigenvalue weighted by Gasteiger charge is -2.18. The van der Waals surface area contributed by atoms with Crippen molar-refractivity contribution in [2.24, 2.45) is 21.1 Å². The normalized spacial score (nSPS) is 11.9. The van der Waals surface area contributed by atoms with Crippen molar-refractivity contribution in [2.45, 2.75) is 0 Å². The van der Waals surface area contributed by atoms with Crippen molar-refractivity contribution < 1.29 is 0 Å². The molecule has 0 spiro atoms. The van der Waals surface area contributed by atoms with Gasteiger partial charge in [0.2, 0.25) is 0 Å². The van der Waals surface area contributed by atoms with Gasteiger partial charge in [0.05, 0.1) is 27.9 Å². The van der Waals surface area contributed by atoms with Crippen molar-refractivity contribution in [3.05, 3.63) is 212 Å². The predicted octanol–water partition coefficient (Wildman–Crippen LogP) is 16.0. The summed E-state index contributed by atoms with van der Waals surface area (Å²) in [6, 6.07) is 77.5. The van der Waals surface area contributed by atoms with Crippen LogP contribution >= 0.6 is 0 Å². The van der Waals surface area contributed by atoms with Gasteiger partial charge in [0.15, 0.2) is 0 Å². The van der Waals surface area contributed by atoms with E-state index in [9.17, 15) is 0 Å². The first-order valence-electron chi connectivity index (χ1n) is 22.7. The zero-order valence-corrected chi connectivity index (χ0v) is 37.0. The molecule has 0 saturated heterocycles. The molecular formula is C62H44N4. The number of pyridine rings is 1. The third kappa shape index (κ3) is 5.61. The van der Waals surface area contributed by atoms with Crippen LogP contribution in [0.25, 0.3) is 132 Å². The predicted molar refractivity (Wildman–Crippen MR) is 279 cm³/mol. The van der Waals surface area contributed by atoms with E-state index in [1.54, 1.807) is 0 Å². The van der Waals surface area contributed by atoms with Crippen molar-refractivity contribution in [3.8, 4) is 67.0 Å². The third-order valence-electron chi connectivity index (χ3n) is 14.1. The van der Waals surface area contributed by atoms with E-state index in [-0.39, 0.29) is 0 Å². The molecule has 0 radical (unpaired) electrons. The number of para-hydroxylation sites is 6. The summed E-state index contributed by atoms with van der Waals surface area (Å²) >= 11 is 0. The van der Waals surface area contributed by atoms with Gasteiger partial charge in [0.1, 0.15) is 0 Å². The topological polar surface area (TPSA) is 27.7 Å². The summed E-state index contributed by atoms with van der Waals surface area (Å²) in [5.41, 5.74) is 20.6. The van der Waals surface area contributed by atoms with Crippen LogP contribution in [0.4, 0.5) is 0 Å². The Morgan fingerprint density at radius 2 is 0.530 bits per heavy atom. The summed E-state index contributed by atoms with van der Waals surface area (Å²) in [5.74, 6) is 0. The molecule has 0 saturated carbocycles. The highest BCUT2D eigenvalue weighted by Crippen LogP contribution is 2.45. The minimum Gasteiger partial charge on any atom is -0.343 e. The van der Waals surface area contributed by atoms with Crippen LogP contribution < -0.4 is 0 Å². The van der Waals surface area contributed by atoms with Crippen molar-refractivity contribution in [1.82, 2.24) is 18.7 Å². The highest BCUT2D eigenvalue weighted by Gasteiger charge is 2.22. The van der Waals surface area contributed by atoms with Crippen LogP contribution in [0.2, 0.25) is 0 Å². The molecule has 0 fully saturated rings. The lowest BCUT2D eigenvalue weighted by atomic mass is 9.89. The van der Waals surface area contributed by atoms with E-state index in [1.807, 2.05) is 0 Å². The molecule has 0 aliphatic heterocycles. The second-order valence-electron chi connectivity index (χ2n) is 17.6.